The highest BCUT2D eigenvalue weighted by Crippen LogP contribution is 2.48. The van der Waals surface area contributed by atoms with Crippen molar-refractivity contribution in [3.63, 3.8) is 0 Å². The van der Waals surface area contributed by atoms with Crippen LogP contribution in [0.25, 0.3) is 67.7 Å². The molecule has 0 radical (unpaired) electrons. The SMILES string of the molecule is CC(=O)C(C)(C)c1cc(-c2ccc(Br)cc2-c2oc(C)nc2-c2ccc3c(c2)OC(F)(F)O3)n(C)n1.CNN.CO.Cc1nc(-c2ccc3c(c2)OC(F)(F)O3)c(-c2cc(Br)ccc2-c2cc(C(C)(C)C(=O)NN)nn2C)o1. The van der Waals surface area contributed by atoms with E-state index >= 15 is 0 Å². The van der Waals surface area contributed by atoms with Gasteiger partial charge in [0.1, 0.15) is 17.2 Å². The summed E-state index contributed by atoms with van der Waals surface area (Å²) in [5, 5.41) is 16.2. The second-order valence-electron chi connectivity index (χ2n) is 18.5. The minimum Gasteiger partial charge on any atom is -0.440 e. The van der Waals surface area contributed by atoms with Gasteiger partial charge in [-0.1, -0.05) is 44.0 Å². The molecule has 2 aliphatic rings. The lowest BCUT2D eigenvalue weighted by molar-refractivity contribution is -0.287. The van der Waals surface area contributed by atoms with E-state index in [0.29, 0.717) is 74.0 Å². The normalized spacial score (nSPS) is 13.6. The number of nitrogens with two attached hydrogens (primary N) is 2. The first-order valence-electron chi connectivity index (χ1n) is 23.5. The first-order valence-corrected chi connectivity index (χ1v) is 25.0. The largest absolute Gasteiger partial charge is 0.586 e. The van der Waals surface area contributed by atoms with Crippen LogP contribution in [-0.4, -0.2) is 73.1 Å². The minimum atomic E-state index is -3.73. The number of hydrazine groups is 2. The summed E-state index contributed by atoms with van der Waals surface area (Å²) in [7, 11) is 6.23. The van der Waals surface area contributed by atoms with Crippen molar-refractivity contribution in [2.24, 2.45) is 25.8 Å². The van der Waals surface area contributed by atoms with Gasteiger partial charge in [0.05, 0.1) is 33.6 Å². The lowest BCUT2D eigenvalue weighted by Gasteiger charge is -2.19. The number of nitrogens with zero attached hydrogens (tertiary/aromatic N) is 6. The smallest absolute Gasteiger partial charge is 0.440 e. The van der Waals surface area contributed by atoms with Crippen LogP contribution in [0.1, 0.15) is 57.8 Å². The van der Waals surface area contributed by atoms with E-state index in [4.69, 9.17) is 19.8 Å². The maximum Gasteiger partial charge on any atom is 0.586 e. The zero-order valence-corrected chi connectivity index (χ0v) is 47.1. The van der Waals surface area contributed by atoms with E-state index in [-0.39, 0.29) is 34.7 Å². The molecule has 1 amide bonds. The molecule has 0 spiro atoms. The van der Waals surface area contributed by atoms with E-state index in [1.807, 2.05) is 69.4 Å². The molecule has 4 aromatic carbocycles. The summed E-state index contributed by atoms with van der Waals surface area (Å²) in [4.78, 5) is 33.7. The number of nitrogens with one attached hydrogen (secondary N) is 2. The maximum atomic E-state index is 13.6. The number of benzene rings is 4. The number of alkyl halides is 4. The van der Waals surface area contributed by atoms with Gasteiger partial charge in [-0.15, -0.1) is 17.6 Å². The number of oxazole rings is 2. The first kappa shape index (κ1) is 58.3. The fourth-order valence-corrected chi connectivity index (χ4v) is 8.91. The predicted molar refractivity (Wildman–Crippen MR) is 287 cm³/mol. The van der Waals surface area contributed by atoms with Crippen LogP contribution in [0.2, 0.25) is 0 Å². The molecule has 4 aromatic heterocycles. The van der Waals surface area contributed by atoms with Gasteiger partial charge in [-0.2, -0.15) is 10.2 Å². The van der Waals surface area contributed by atoms with Gasteiger partial charge in [0.25, 0.3) is 0 Å². The third kappa shape index (κ3) is 11.8. The minimum absolute atomic E-state index is 0.00436. The number of ether oxygens (including phenoxy) is 4. The highest BCUT2D eigenvalue weighted by molar-refractivity contribution is 9.10. The number of rotatable bonds is 10. The monoisotopic (exact) mass is 1210 g/mol. The zero-order valence-electron chi connectivity index (χ0n) is 43.9. The van der Waals surface area contributed by atoms with Gasteiger partial charge in [-0.05, 0) is 114 Å². The van der Waals surface area contributed by atoms with Crippen LogP contribution >= 0.6 is 31.9 Å². The van der Waals surface area contributed by atoms with Crippen molar-refractivity contribution in [2.75, 3.05) is 14.2 Å². The molecule has 0 atom stereocenters. The number of Topliss-reactive ketones (excluding diaryl/α,β-unsaturated/α-hetero) is 1. The molecule has 0 saturated heterocycles. The zero-order chi connectivity index (χ0) is 57.4. The Bertz CT molecular complexity index is 3560. The third-order valence-corrected chi connectivity index (χ3v) is 13.4. The van der Waals surface area contributed by atoms with Crippen LogP contribution < -0.4 is 41.5 Å². The molecule has 25 heteroatoms. The van der Waals surface area contributed by atoms with Gasteiger partial charge in [0, 0.05) is 77.4 Å². The van der Waals surface area contributed by atoms with E-state index in [9.17, 15) is 27.2 Å². The Kier molecular flexibility index (Phi) is 16.8. The van der Waals surface area contributed by atoms with Crippen LogP contribution in [0, 0.1) is 13.8 Å². The number of fused-ring (bicyclic) bond motifs is 2. The highest BCUT2D eigenvalue weighted by Gasteiger charge is 2.45. The van der Waals surface area contributed by atoms with E-state index in [1.165, 1.54) is 24.3 Å². The van der Waals surface area contributed by atoms with Crippen LogP contribution in [-0.2, 0) is 34.5 Å². The van der Waals surface area contributed by atoms with Crippen molar-refractivity contribution in [1.82, 2.24) is 40.4 Å². The fraction of sp³-hybridized carbons (Fsp3) is 0.283. The summed E-state index contributed by atoms with van der Waals surface area (Å²) >= 11 is 7.05. The number of carbonyl (C=O) groups excluding carboxylic acids is 2. The molecule has 78 heavy (non-hydrogen) atoms. The lowest BCUT2D eigenvalue weighted by Crippen LogP contribution is -2.43. The highest BCUT2D eigenvalue weighted by atomic mass is 79.9. The predicted octanol–water partition coefficient (Wildman–Crippen LogP) is 10.4. The van der Waals surface area contributed by atoms with Gasteiger partial charge in [0.15, 0.2) is 46.3 Å². The lowest BCUT2D eigenvalue weighted by atomic mass is 9.85. The summed E-state index contributed by atoms with van der Waals surface area (Å²) in [6, 6.07) is 24.0. The van der Waals surface area contributed by atoms with Gasteiger partial charge in [-0.3, -0.25) is 35.6 Å². The van der Waals surface area contributed by atoms with Crippen LogP contribution in [0.3, 0.4) is 0 Å². The second kappa shape index (κ2) is 22.5. The summed E-state index contributed by atoms with van der Waals surface area (Å²) in [5.41, 5.74) is 10.2. The van der Waals surface area contributed by atoms with E-state index < -0.39 is 23.4 Å². The number of ketones is 1. The standard InChI is InChI=1S/C26H22BrF2N3O4.C25H22BrF2N5O4.CH6N2.CH4O/c1-13(33)25(3,4)22-12-19(32(5)31-22)17-8-7-16(27)11-18(17)24-23(30-14(2)34-24)15-6-9-20-21(10-15)36-26(28,29)35-20;1-12-30-21(13-5-8-18-19(9-13)37-25(27,28)36-18)22(35-12)16-10-14(26)6-7-15(16)17-11-20(32-33(17)4)24(2,3)23(34)31-29;1-3-2;1-2/h6-12H,1-5H3;5-11H,29H2,1-4H3,(H,31,34);3H,2H2,1H3;2H,1H3. The number of hydrogen-bond donors (Lipinski definition) is 5. The van der Waals surface area contributed by atoms with Crippen LogP contribution in [0.5, 0.6) is 23.0 Å². The number of amides is 1. The molecule has 0 aliphatic carbocycles. The van der Waals surface area contributed by atoms with E-state index in [0.717, 1.165) is 32.9 Å². The molecule has 10 rings (SSSR count). The third-order valence-electron chi connectivity index (χ3n) is 12.4. The Morgan fingerprint density at radius 3 is 1.35 bits per heavy atom. The topological polar surface area (TPSA) is 255 Å². The molecule has 2 aliphatic heterocycles. The Morgan fingerprint density at radius 1 is 0.603 bits per heavy atom. The van der Waals surface area contributed by atoms with Gasteiger partial charge in [-0.25, -0.2) is 15.8 Å². The second-order valence-corrected chi connectivity index (χ2v) is 20.3. The molecular weight excluding hydrogens is 1160 g/mol. The average Bonchev–Trinajstić information content (AvgIpc) is 4.25. The Balaban J connectivity index is 0.000000209. The maximum absolute atomic E-state index is 13.6. The average molecular weight is 1210 g/mol. The molecule has 19 nitrogen and oxygen atoms in total. The van der Waals surface area contributed by atoms with Crippen molar-refractivity contribution < 1.29 is 60.0 Å². The molecular formula is C53H54Br2F4N10O9. The number of aliphatic hydroxyl groups excluding tert-OH is 1. The molecule has 0 bridgehead atoms. The molecule has 7 N–H and O–H groups in total. The van der Waals surface area contributed by atoms with E-state index in [1.54, 1.807) is 70.2 Å². The van der Waals surface area contributed by atoms with Gasteiger partial charge in [0.2, 0.25) is 5.91 Å². The summed E-state index contributed by atoms with van der Waals surface area (Å²) in [5.74, 6) is 10.9. The quantitative estimate of drug-likeness (QED) is 0.0369. The van der Waals surface area contributed by atoms with Crippen molar-refractivity contribution in [3.05, 3.63) is 117 Å². The molecule has 0 saturated carbocycles. The Morgan fingerprint density at radius 2 is 0.974 bits per heavy atom. The van der Waals surface area contributed by atoms with Crippen LogP contribution in [0.4, 0.5) is 17.6 Å². The molecule has 8 aromatic rings. The number of aromatic nitrogens is 6. The summed E-state index contributed by atoms with van der Waals surface area (Å²) in [6.07, 6.45) is -7.45. The number of aryl methyl sites for hydroxylation is 4. The van der Waals surface area contributed by atoms with E-state index in [2.05, 4.69) is 87.7 Å². The van der Waals surface area contributed by atoms with Crippen molar-refractivity contribution in [2.45, 2.75) is 71.9 Å². The van der Waals surface area contributed by atoms with Gasteiger partial charge < -0.3 is 32.9 Å². The Labute approximate surface area is 461 Å². The van der Waals surface area contributed by atoms with Crippen LogP contribution in [0.15, 0.2) is 103 Å². The Hall–Kier alpha value is -7.42. The van der Waals surface area contributed by atoms with Crippen molar-refractivity contribution in [3.8, 4) is 90.7 Å². The van der Waals surface area contributed by atoms with Gasteiger partial charge >= 0.3 is 12.6 Å². The molecule has 412 valence electrons. The molecule has 0 unspecified atom stereocenters. The number of aliphatic hydroxyl groups is 1. The summed E-state index contributed by atoms with van der Waals surface area (Å²) in [6.45, 7) is 12.1. The number of hydrogen-bond acceptors (Lipinski definition) is 16. The molecule has 6 heterocycles. The fourth-order valence-electron chi connectivity index (χ4n) is 8.19. The first-order chi connectivity index (χ1) is 36.7. The van der Waals surface area contributed by atoms with Crippen molar-refractivity contribution in [1.29, 1.82) is 0 Å². The molecule has 0 fully saturated rings. The van der Waals surface area contributed by atoms with Crippen molar-refractivity contribution >= 4 is 43.6 Å². The number of carbonyl (C=O) groups is 2. The number of halogens is 6. The summed E-state index contributed by atoms with van der Waals surface area (Å²) < 4.78 is 89.6.